The summed E-state index contributed by atoms with van der Waals surface area (Å²) < 4.78 is 13.2. The molecule has 1 aliphatic carbocycles. The quantitative estimate of drug-likeness (QED) is 0.608. The molecule has 0 amide bonds. The van der Waals surface area contributed by atoms with Crippen molar-refractivity contribution in [2.45, 2.75) is 59.3 Å². The molecule has 0 spiro atoms. The summed E-state index contributed by atoms with van der Waals surface area (Å²) in [5, 5.41) is 7.47. The molecule has 1 fully saturated rings. The van der Waals surface area contributed by atoms with Crippen molar-refractivity contribution in [2.75, 3.05) is 0 Å². The molecule has 2 aromatic rings. The van der Waals surface area contributed by atoms with E-state index in [0.717, 1.165) is 17.2 Å². The van der Waals surface area contributed by atoms with Gasteiger partial charge >= 0.3 is 0 Å². The van der Waals surface area contributed by atoms with Crippen LogP contribution in [0.1, 0.15) is 65.0 Å². The first kappa shape index (κ1) is 20.1. The van der Waals surface area contributed by atoms with E-state index in [-0.39, 0.29) is 5.82 Å². The molecule has 1 aromatic carbocycles. The summed E-state index contributed by atoms with van der Waals surface area (Å²) in [6.45, 7) is 11.6. The molecule has 0 radical (unpaired) electrons. The molecule has 24 heavy (non-hydrogen) atoms. The maximum atomic E-state index is 13.2. The standard InChI is InChI=1S/C16H19FN2.C3H6.C2H6/c1-11-5-7-12(8-6-11)15-10-16(19-18-15)13-3-2-4-14(17)9-13;1-3-2;1-2/h2-4,9-12H,5-8H2,1H3,(H,18,19);3H,1H2,2H3;1-2H3. The van der Waals surface area contributed by atoms with Crippen LogP contribution in [-0.2, 0) is 0 Å². The Morgan fingerprint density at radius 1 is 1.17 bits per heavy atom. The molecule has 3 heteroatoms. The second-order valence-electron chi connectivity index (χ2n) is 6.08. The van der Waals surface area contributed by atoms with E-state index in [0.29, 0.717) is 5.92 Å². The maximum absolute atomic E-state index is 13.2. The number of halogens is 1. The van der Waals surface area contributed by atoms with Crippen molar-refractivity contribution in [1.29, 1.82) is 0 Å². The predicted octanol–water partition coefficient (Wildman–Crippen LogP) is 6.73. The van der Waals surface area contributed by atoms with Crippen molar-refractivity contribution in [1.82, 2.24) is 10.2 Å². The topological polar surface area (TPSA) is 28.7 Å². The van der Waals surface area contributed by atoms with E-state index in [4.69, 9.17) is 0 Å². The molecule has 0 bridgehead atoms. The lowest BCUT2D eigenvalue weighted by atomic mass is 9.81. The van der Waals surface area contributed by atoms with Crippen LogP contribution in [0.25, 0.3) is 11.3 Å². The van der Waals surface area contributed by atoms with E-state index in [1.807, 2.05) is 26.8 Å². The summed E-state index contributed by atoms with van der Waals surface area (Å²) in [7, 11) is 0. The van der Waals surface area contributed by atoms with Crippen molar-refractivity contribution in [3.63, 3.8) is 0 Å². The average Bonchev–Trinajstić information content (AvgIpc) is 3.08. The zero-order valence-corrected chi connectivity index (χ0v) is 15.5. The predicted molar refractivity (Wildman–Crippen MR) is 102 cm³/mol. The fraction of sp³-hybridized carbons (Fsp3) is 0.476. The van der Waals surface area contributed by atoms with Gasteiger partial charge in [0.25, 0.3) is 0 Å². The van der Waals surface area contributed by atoms with Crippen LogP contribution in [0.2, 0.25) is 0 Å². The molecule has 0 saturated heterocycles. The van der Waals surface area contributed by atoms with Crippen molar-refractivity contribution in [3.8, 4) is 11.3 Å². The van der Waals surface area contributed by atoms with Gasteiger partial charge in [-0.25, -0.2) is 4.39 Å². The lowest BCUT2D eigenvalue weighted by Gasteiger charge is -2.24. The van der Waals surface area contributed by atoms with E-state index in [1.165, 1.54) is 43.5 Å². The first-order chi connectivity index (χ1) is 11.6. The number of H-pyrrole nitrogens is 1. The van der Waals surface area contributed by atoms with Crippen molar-refractivity contribution in [2.24, 2.45) is 5.92 Å². The molecule has 2 nitrogen and oxygen atoms in total. The van der Waals surface area contributed by atoms with Crippen molar-refractivity contribution >= 4 is 0 Å². The first-order valence-electron chi connectivity index (χ1n) is 9.02. The van der Waals surface area contributed by atoms with Gasteiger partial charge in [-0.3, -0.25) is 5.10 Å². The Labute approximate surface area is 146 Å². The minimum atomic E-state index is -0.214. The van der Waals surface area contributed by atoms with Crippen LogP contribution in [0, 0.1) is 11.7 Å². The monoisotopic (exact) mass is 330 g/mol. The fourth-order valence-corrected chi connectivity index (χ4v) is 2.91. The SMILES string of the molecule is C=CC.CC.CC1CCC(c2cc(-c3cccc(F)c3)n[nH]2)CC1. The number of hydrogen-bond acceptors (Lipinski definition) is 1. The molecule has 1 aliphatic rings. The lowest BCUT2D eigenvalue weighted by molar-refractivity contribution is 0.344. The van der Waals surface area contributed by atoms with Crippen LogP contribution < -0.4 is 0 Å². The molecule has 1 aromatic heterocycles. The number of allylic oxidation sites excluding steroid dienone is 1. The third kappa shape index (κ3) is 5.95. The Bertz CT molecular complexity index is 595. The summed E-state index contributed by atoms with van der Waals surface area (Å²) in [6, 6.07) is 8.69. The molecule has 1 saturated carbocycles. The average molecular weight is 330 g/mol. The highest BCUT2D eigenvalue weighted by Crippen LogP contribution is 2.35. The molecule has 0 aliphatic heterocycles. The van der Waals surface area contributed by atoms with Crippen LogP contribution in [0.15, 0.2) is 43.0 Å². The Morgan fingerprint density at radius 2 is 1.79 bits per heavy atom. The van der Waals surface area contributed by atoms with Crippen LogP contribution >= 0.6 is 0 Å². The van der Waals surface area contributed by atoms with Gasteiger partial charge in [0.2, 0.25) is 0 Å². The van der Waals surface area contributed by atoms with Crippen molar-refractivity contribution in [3.05, 3.63) is 54.5 Å². The summed E-state index contributed by atoms with van der Waals surface area (Å²) in [5.41, 5.74) is 2.88. The third-order valence-corrected chi connectivity index (χ3v) is 4.17. The second-order valence-corrected chi connectivity index (χ2v) is 6.08. The highest BCUT2D eigenvalue weighted by Gasteiger charge is 2.21. The minimum Gasteiger partial charge on any atom is -0.282 e. The third-order valence-electron chi connectivity index (χ3n) is 4.17. The maximum Gasteiger partial charge on any atom is 0.123 e. The van der Waals surface area contributed by atoms with E-state index in [2.05, 4.69) is 29.8 Å². The summed E-state index contributed by atoms with van der Waals surface area (Å²) in [6.07, 6.45) is 6.79. The van der Waals surface area contributed by atoms with E-state index in [1.54, 1.807) is 12.1 Å². The van der Waals surface area contributed by atoms with E-state index in [9.17, 15) is 4.39 Å². The Kier molecular flexibility index (Phi) is 9.06. The Morgan fingerprint density at radius 3 is 2.38 bits per heavy atom. The number of aromatic amines is 1. The zero-order valence-electron chi connectivity index (χ0n) is 15.5. The van der Waals surface area contributed by atoms with Crippen LogP contribution in [0.3, 0.4) is 0 Å². The summed E-state index contributed by atoms with van der Waals surface area (Å²) in [5.74, 6) is 1.22. The van der Waals surface area contributed by atoms with Gasteiger partial charge in [0.15, 0.2) is 0 Å². The number of hydrogen-bond donors (Lipinski definition) is 1. The van der Waals surface area contributed by atoms with Crippen LogP contribution in [-0.4, -0.2) is 10.2 Å². The minimum absolute atomic E-state index is 0.214. The van der Waals surface area contributed by atoms with Crippen LogP contribution in [0.5, 0.6) is 0 Å². The van der Waals surface area contributed by atoms with E-state index < -0.39 is 0 Å². The van der Waals surface area contributed by atoms with Gasteiger partial charge in [-0.05, 0) is 43.9 Å². The molecule has 1 heterocycles. The van der Waals surface area contributed by atoms with Gasteiger partial charge in [0.05, 0.1) is 5.69 Å². The second kappa shape index (κ2) is 10.8. The van der Waals surface area contributed by atoms with Gasteiger partial charge in [0.1, 0.15) is 5.82 Å². The smallest absolute Gasteiger partial charge is 0.123 e. The summed E-state index contributed by atoms with van der Waals surface area (Å²) >= 11 is 0. The van der Waals surface area contributed by atoms with Gasteiger partial charge in [-0.2, -0.15) is 5.10 Å². The van der Waals surface area contributed by atoms with Gasteiger partial charge in [-0.1, -0.05) is 51.8 Å². The van der Waals surface area contributed by atoms with Gasteiger partial charge in [0, 0.05) is 17.2 Å². The Balaban J connectivity index is 0.000000521. The normalized spacial score (nSPS) is 19.4. The van der Waals surface area contributed by atoms with Gasteiger partial charge < -0.3 is 0 Å². The zero-order chi connectivity index (χ0) is 17.9. The number of nitrogens with zero attached hydrogens (tertiary/aromatic N) is 1. The highest BCUT2D eigenvalue weighted by atomic mass is 19.1. The summed E-state index contributed by atoms with van der Waals surface area (Å²) in [4.78, 5) is 0. The lowest BCUT2D eigenvalue weighted by Crippen LogP contribution is -2.10. The van der Waals surface area contributed by atoms with E-state index >= 15 is 0 Å². The largest absolute Gasteiger partial charge is 0.282 e. The molecular weight excluding hydrogens is 299 g/mol. The molecule has 0 atom stereocenters. The number of benzene rings is 1. The molecular formula is C21H31FN2. The number of nitrogens with one attached hydrogen (secondary N) is 1. The van der Waals surface area contributed by atoms with Crippen LogP contribution in [0.4, 0.5) is 4.39 Å². The highest BCUT2D eigenvalue weighted by molar-refractivity contribution is 5.59. The molecule has 3 rings (SSSR count). The number of rotatable bonds is 2. The Hall–Kier alpha value is -1.90. The number of aromatic nitrogens is 2. The van der Waals surface area contributed by atoms with Gasteiger partial charge in [-0.15, -0.1) is 6.58 Å². The first-order valence-corrected chi connectivity index (χ1v) is 9.02. The molecule has 1 N–H and O–H groups in total. The van der Waals surface area contributed by atoms with Crippen molar-refractivity contribution < 1.29 is 4.39 Å². The fourth-order valence-electron chi connectivity index (χ4n) is 2.91. The molecule has 132 valence electrons. The molecule has 0 unspecified atom stereocenters.